The molecule has 1 N–H and O–H groups in total. The van der Waals surface area contributed by atoms with Crippen molar-refractivity contribution >= 4 is 35.0 Å². The Morgan fingerprint density at radius 3 is 2.00 bits per heavy atom. The van der Waals surface area contributed by atoms with Gasteiger partial charge in [0.15, 0.2) is 0 Å². The van der Waals surface area contributed by atoms with Crippen LogP contribution in [-0.2, 0) is 9.59 Å². The van der Waals surface area contributed by atoms with Crippen LogP contribution in [0.2, 0.25) is 10.0 Å². The Kier molecular flexibility index (Phi) is 9.03. The van der Waals surface area contributed by atoms with Crippen molar-refractivity contribution in [1.82, 2.24) is 15.1 Å². The highest BCUT2D eigenvalue weighted by molar-refractivity contribution is 6.30. The third kappa shape index (κ3) is 6.65. The zero-order chi connectivity index (χ0) is 28.2. The number of carbonyl (C=O) groups is 2. The first-order valence-corrected chi connectivity index (χ1v) is 14.3. The molecule has 2 heterocycles. The van der Waals surface area contributed by atoms with Crippen molar-refractivity contribution in [2.75, 3.05) is 32.7 Å². The third-order valence-electron chi connectivity index (χ3n) is 7.75. The molecular weight excluding hydrogens is 555 g/mol. The summed E-state index contributed by atoms with van der Waals surface area (Å²) in [5.41, 5.74) is 2.41. The number of hydrogen-bond donors (Lipinski definition) is 1. The van der Waals surface area contributed by atoms with E-state index in [1.54, 1.807) is 0 Å². The number of likely N-dealkylation sites (tertiary alicyclic amines) is 2. The van der Waals surface area contributed by atoms with Gasteiger partial charge in [0.1, 0.15) is 11.6 Å². The summed E-state index contributed by atoms with van der Waals surface area (Å²) in [4.78, 5) is 29.4. The van der Waals surface area contributed by atoms with Crippen LogP contribution < -0.4 is 5.32 Å². The Morgan fingerprint density at radius 1 is 0.900 bits per heavy atom. The number of hydrogen-bond acceptors (Lipinski definition) is 3. The van der Waals surface area contributed by atoms with Gasteiger partial charge >= 0.3 is 0 Å². The van der Waals surface area contributed by atoms with E-state index >= 15 is 0 Å². The predicted octanol–water partition coefficient (Wildman–Crippen LogP) is 6.21. The van der Waals surface area contributed by atoms with E-state index in [1.807, 2.05) is 53.4 Å². The molecule has 5 nitrogen and oxygen atoms in total. The van der Waals surface area contributed by atoms with Gasteiger partial charge in [-0.3, -0.25) is 14.5 Å². The molecule has 0 spiro atoms. The van der Waals surface area contributed by atoms with E-state index in [-0.39, 0.29) is 23.8 Å². The van der Waals surface area contributed by atoms with Crippen LogP contribution in [0.3, 0.4) is 0 Å². The Labute approximate surface area is 243 Å². The summed E-state index contributed by atoms with van der Waals surface area (Å²) in [6.07, 6.45) is 2.06. The van der Waals surface area contributed by atoms with Crippen molar-refractivity contribution < 1.29 is 18.4 Å². The number of benzene rings is 3. The molecule has 9 heteroatoms. The van der Waals surface area contributed by atoms with E-state index in [0.29, 0.717) is 54.6 Å². The maximum atomic E-state index is 14.2. The second-order valence-electron chi connectivity index (χ2n) is 10.5. The van der Waals surface area contributed by atoms with E-state index in [4.69, 9.17) is 23.2 Å². The van der Waals surface area contributed by atoms with Crippen LogP contribution in [0, 0.1) is 17.6 Å². The summed E-state index contributed by atoms with van der Waals surface area (Å²) in [5.74, 6) is -2.41. The normalized spacial score (nSPS) is 16.8. The maximum absolute atomic E-state index is 14.2. The number of nitrogens with zero attached hydrogens (tertiary/aromatic N) is 2. The van der Waals surface area contributed by atoms with Gasteiger partial charge in [-0.15, -0.1) is 0 Å². The highest BCUT2D eigenvalue weighted by Gasteiger charge is 2.42. The van der Waals surface area contributed by atoms with Crippen LogP contribution >= 0.6 is 23.2 Å². The van der Waals surface area contributed by atoms with E-state index in [0.717, 1.165) is 30.2 Å². The summed E-state index contributed by atoms with van der Waals surface area (Å²) in [7, 11) is 0. The van der Waals surface area contributed by atoms with Crippen molar-refractivity contribution in [3.63, 3.8) is 0 Å². The van der Waals surface area contributed by atoms with Crippen LogP contribution in [0.15, 0.2) is 66.7 Å². The van der Waals surface area contributed by atoms with Crippen molar-refractivity contribution in [2.45, 2.75) is 31.2 Å². The van der Waals surface area contributed by atoms with Gasteiger partial charge in [0.05, 0.1) is 12.0 Å². The van der Waals surface area contributed by atoms with Crippen molar-refractivity contribution in [3.8, 4) is 0 Å². The van der Waals surface area contributed by atoms with Gasteiger partial charge in [0.2, 0.25) is 11.8 Å². The van der Waals surface area contributed by atoms with E-state index in [2.05, 4.69) is 10.2 Å². The Balaban J connectivity index is 1.32. The van der Waals surface area contributed by atoms with Crippen LogP contribution in [0.25, 0.3) is 0 Å². The number of amides is 2. The lowest BCUT2D eigenvalue weighted by Gasteiger charge is -2.47. The quantitative estimate of drug-likeness (QED) is 0.288. The van der Waals surface area contributed by atoms with Gasteiger partial charge in [-0.25, -0.2) is 8.78 Å². The van der Waals surface area contributed by atoms with Crippen molar-refractivity contribution in [3.05, 3.63) is 105 Å². The zero-order valence-corrected chi connectivity index (χ0v) is 23.5. The lowest BCUT2D eigenvalue weighted by Crippen LogP contribution is -2.53. The molecule has 1 atom stereocenters. The molecule has 0 bridgehead atoms. The largest absolute Gasteiger partial charge is 0.355 e. The molecular formula is C31H31Cl2F2N3O2. The van der Waals surface area contributed by atoms with E-state index in [9.17, 15) is 18.4 Å². The second-order valence-corrected chi connectivity index (χ2v) is 11.4. The molecule has 0 aliphatic carbocycles. The summed E-state index contributed by atoms with van der Waals surface area (Å²) >= 11 is 12.3. The smallest absolute Gasteiger partial charge is 0.227 e. The zero-order valence-electron chi connectivity index (χ0n) is 22.0. The molecule has 40 heavy (non-hydrogen) atoms. The molecule has 0 radical (unpaired) electrons. The molecule has 3 aromatic carbocycles. The highest BCUT2D eigenvalue weighted by atomic mass is 35.5. The van der Waals surface area contributed by atoms with Gasteiger partial charge in [0.25, 0.3) is 0 Å². The topological polar surface area (TPSA) is 52.7 Å². The lowest BCUT2D eigenvalue weighted by atomic mass is 9.78. The Morgan fingerprint density at radius 2 is 1.48 bits per heavy atom. The molecule has 5 rings (SSSR count). The molecule has 210 valence electrons. The summed E-state index contributed by atoms with van der Waals surface area (Å²) in [6, 6.07) is 18.5. The average molecular weight is 587 g/mol. The highest BCUT2D eigenvalue weighted by Crippen LogP contribution is 2.40. The number of rotatable bonds is 10. The minimum Gasteiger partial charge on any atom is -0.355 e. The molecule has 2 saturated heterocycles. The first-order valence-electron chi connectivity index (χ1n) is 13.5. The maximum Gasteiger partial charge on any atom is 0.227 e. The van der Waals surface area contributed by atoms with Crippen LogP contribution in [-0.4, -0.2) is 54.3 Å². The van der Waals surface area contributed by atoms with Crippen LogP contribution in [0.1, 0.15) is 47.9 Å². The first-order chi connectivity index (χ1) is 19.3. The average Bonchev–Trinajstić information content (AvgIpc) is 3.31. The standard InChI is InChI=1S/C31H31Cl2F2N3O2/c32-24-8-4-20(5-9-24)30(21-6-10-25(33)11-7-21)38-18-23(19-38)29(22-15-26(34)17-27(35)16-22)31(40)36-12-2-14-37-13-1-3-28(37)39/h4-11,15-17,23,29-30H,1-3,12-14,18-19H2,(H,36,40)/t29-/m1/s1. The molecule has 0 unspecified atom stereocenters. The fourth-order valence-electron chi connectivity index (χ4n) is 5.80. The predicted molar refractivity (Wildman–Crippen MR) is 152 cm³/mol. The van der Waals surface area contributed by atoms with E-state index in [1.165, 1.54) is 12.1 Å². The molecule has 0 aromatic heterocycles. The monoisotopic (exact) mass is 585 g/mol. The molecule has 2 fully saturated rings. The number of halogens is 4. The minimum atomic E-state index is -0.717. The van der Waals surface area contributed by atoms with Gasteiger partial charge in [-0.1, -0.05) is 47.5 Å². The molecule has 0 saturated carbocycles. The first kappa shape index (κ1) is 28.5. The number of nitrogens with one attached hydrogen (secondary N) is 1. The Hall–Kier alpha value is -3.00. The van der Waals surface area contributed by atoms with Gasteiger partial charge in [0, 0.05) is 61.2 Å². The van der Waals surface area contributed by atoms with Gasteiger partial charge < -0.3 is 10.2 Å². The summed E-state index contributed by atoms with van der Waals surface area (Å²) in [5, 5.41) is 4.23. The lowest BCUT2D eigenvalue weighted by molar-refractivity contribution is -0.127. The van der Waals surface area contributed by atoms with Crippen LogP contribution in [0.5, 0.6) is 0 Å². The SMILES string of the molecule is O=C(NCCCN1CCCC1=O)[C@H](c1cc(F)cc(F)c1)C1CN(C(c2ccc(Cl)cc2)c2ccc(Cl)cc2)C1. The fraction of sp³-hybridized carbons (Fsp3) is 0.355. The summed E-state index contributed by atoms with van der Waals surface area (Å²) in [6.45, 7) is 2.81. The second kappa shape index (κ2) is 12.7. The molecule has 3 aromatic rings. The van der Waals surface area contributed by atoms with Gasteiger partial charge in [-0.2, -0.15) is 0 Å². The van der Waals surface area contributed by atoms with Crippen molar-refractivity contribution in [2.24, 2.45) is 5.92 Å². The minimum absolute atomic E-state index is 0.100. The third-order valence-corrected chi connectivity index (χ3v) is 8.25. The number of carbonyl (C=O) groups excluding carboxylic acids is 2. The summed E-state index contributed by atoms with van der Waals surface area (Å²) < 4.78 is 28.4. The van der Waals surface area contributed by atoms with E-state index < -0.39 is 17.6 Å². The Bertz CT molecular complexity index is 1280. The van der Waals surface area contributed by atoms with Crippen LogP contribution in [0.4, 0.5) is 8.78 Å². The fourth-order valence-corrected chi connectivity index (χ4v) is 6.05. The van der Waals surface area contributed by atoms with Crippen molar-refractivity contribution in [1.29, 1.82) is 0 Å². The molecule has 2 aliphatic heterocycles. The van der Waals surface area contributed by atoms with Gasteiger partial charge in [-0.05, 0) is 65.9 Å². The molecule has 2 aliphatic rings. The molecule has 2 amide bonds.